The number of hydrogen-bond acceptors (Lipinski definition) is 5. The maximum atomic E-state index is 13.4. The van der Waals surface area contributed by atoms with Gasteiger partial charge in [0.1, 0.15) is 5.58 Å². The van der Waals surface area contributed by atoms with E-state index in [1.807, 2.05) is 0 Å². The quantitative estimate of drug-likeness (QED) is 0.298. The molecule has 152 valence electrons. The normalized spacial score (nSPS) is 15.3. The summed E-state index contributed by atoms with van der Waals surface area (Å²) in [6.45, 7) is 0. The van der Waals surface area contributed by atoms with Gasteiger partial charge in [-0.1, -0.05) is 28.1 Å². The molecule has 0 aliphatic carbocycles. The zero-order chi connectivity index (χ0) is 21.7. The van der Waals surface area contributed by atoms with E-state index in [1.165, 1.54) is 17.0 Å². The number of rotatable bonds is 3. The number of para-hydroxylation sites is 1. The molecule has 0 spiro atoms. The smallest absolute Gasteiger partial charge is 0.295 e. The highest BCUT2D eigenvalue weighted by Crippen LogP contribution is 2.41. The Balaban J connectivity index is 1.78. The van der Waals surface area contributed by atoms with E-state index in [1.54, 1.807) is 60.7 Å². The Kier molecular flexibility index (Phi) is 4.44. The fourth-order valence-corrected chi connectivity index (χ4v) is 4.15. The Morgan fingerprint density at radius 2 is 1.61 bits per heavy atom. The standard InChI is InChI=1S/C23H13BrN2O5/c24-14-7-11-15(12-8-14)25-20(13-5-9-16(10-6-13)26(29)30)19-21(27)17-3-1-2-4-18(17)31-22(19)23(25)28/h1-12,20H. The number of anilines is 1. The van der Waals surface area contributed by atoms with Crippen LogP contribution in [0.1, 0.15) is 27.7 Å². The summed E-state index contributed by atoms with van der Waals surface area (Å²) < 4.78 is 6.72. The van der Waals surface area contributed by atoms with Crippen molar-refractivity contribution in [3.63, 3.8) is 0 Å². The van der Waals surface area contributed by atoms with Crippen molar-refractivity contribution in [1.29, 1.82) is 0 Å². The summed E-state index contributed by atoms with van der Waals surface area (Å²) in [5.41, 5.74) is 1.33. The number of benzene rings is 3. The predicted molar refractivity (Wildman–Crippen MR) is 118 cm³/mol. The minimum absolute atomic E-state index is 0.0185. The number of fused-ring (bicyclic) bond motifs is 2. The maximum Gasteiger partial charge on any atom is 0.295 e. The van der Waals surface area contributed by atoms with Gasteiger partial charge in [0, 0.05) is 22.3 Å². The van der Waals surface area contributed by atoms with E-state index in [-0.39, 0.29) is 22.4 Å². The van der Waals surface area contributed by atoms with Crippen molar-refractivity contribution in [2.24, 2.45) is 0 Å². The largest absolute Gasteiger partial charge is 0.450 e. The van der Waals surface area contributed by atoms with Gasteiger partial charge in [-0.3, -0.25) is 24.6 Å². The van der Waals surface area contributed by atoms with Gasteiger partial charge in [0.2, 0.25) is 5.76 Å². The number of hydrogen-bond donors (Lipinski definition) is 0. The SMILES string of the molecule is O=C1c2oc3ccccc3c(=O)c2C(c2ccc([N+](=O)[O-])cc2)N1c1ccc(Br)cc1. The Labute approximate surface area is 183 Å². The molecule has 0 bridgehead atoms. The summed E-state index contributed by atoms with van der Waals surface area (Å²) in [5, 5.41) is 11.4. The third-order valence-electron chi connectivity index (χ3n) is 5.30. The van der Waals surface area contributed by atoms with Crippen LogP contribution in [0.2, 0.25) is 0 Å². The molecular weight excluding hydrogens is 464 g/mol. The van der Waals surface area contributed by atoms with Gasteiger partial charge in [-0.15, -0.1) is 0 Å². The summed E-state index contributed by atoms with van der Waals surface area (Å²) in [4.78, 5) is 38.9. The van der Waals surface area contributed by atoms with Crippen LogP contribution >= 0.6 is 15.9 Å². The highest BCUT2D eigenvalue weighted by atomic mass is 79.9. The zero-order valence-electron chi connectivity index (χ0n) is 15.8. The molecule has 8 heteroatoms. The van der Waals surface area contributed by atoms with Crippen LogP contribution in [-0.2, 0) is 0 Å². The molecule has 1 aliphatic rings. The van der Waals surface area contributed by atoms with Gasteiger partial charge in [-0.25, -0.2) is 0 Å². The number of nitrogens with zero attached hydrogens (tertiary/aromatic N) is 2. The van der Waals surface area contributed by atoms with E-state index < -0.39 is 16.9 Å². The van der Waals surface area contributed by atoms with E-state index in [4.69, 9.17) is 4.42 Å². The van der Waals surface area contributed by atoms with Crippen LogP contribution < -0.4 is 10.3 Å². The molecule has 0 saturated heterocycles. The fraction of sp³-hybridized carbons (Fsp3) is 0.0435. The van der Waals surface area contributed by atoms with Crippen LogP contribution in [0, 0.1) is 10.1 Å². The van der Waals surface area contributed by atoms with Crippen LogP contribution in [0.3, 0.4) is 0 Å². The Morgan fingerprint density at radius 1 is 0.935 bits per heavy atom. The summed E-state index contributed by atoms with van der Waals surface area (Å²) in [5.74, 6) is -0.460. The lowest BCUT2D eigenvalue weighted by Gasteiger charge is -2.25. The topological polar surface area (TPSA) is 93.7 Å². The van der Waals surface area contributed by atoms with Crippen LogP contribution in [0.15, 0.2) is 86.5 Å². The average Bonchev–Trinajstić information content (AvgIpc) is 3.07. The molecule has 1 aliphatic heterocycles. The maximum absolute atomic E-state index is 13.4. The van der Waals surface area contributed by atoms with E-state index in [0.29, 0.717) is 22.2 Å². The number of carbonyl (C=O) groups excluding carboxylic acids is 1. The van der Waals surface area contributed by atoms with Crippen molar-refractivity contribution < 1.29 is 14.1 Å². The van der Waals surface area contributed by atoms with Crippen LogP contribution in [0.4, 0.5) is 11.4 Å². The Morgan fingerprint density at radius 3 is 2.29 bits per heavy atom. The van der Waals surface area contributed by atoms with E-state index in [0.717, 1.165) is 4.47 Å². The van der Waals surface area contributed by atoms with Gasteiger partial charge in [0.05, 0.1) is 21.9 Å². The van der Waals surface area contributed by atoms with Crippen molar-refractivity contribution in [3.8, 4) is 0 Å². The third kappa shape index (κ3) is 3.03. The van der Waals surface area contributed by atoms with Crippen LogP contribution in [-0.4, -0.2) is 10.8 Å². The monoisotopic (exact) mass is 476 g/mol. The average molecular weight is 477 g/mol. The summed E-state index contributed by atoms with van der Waals surface area (Å²) in [6, 6.07) is 19.0. The summed E-state index contributed by atoms with van der Waals surface area (Å²) in [6.07, 6.45) is 0. The molecule has 1 aromatic heterocycles. The van der Waals surface area contributed by atoms with Crippen LogP contribution in [0.25, 0.3) is 11.0 Å². The number of halogens is 1. The van der Waals surface area contributed by atoms with Crippen molar-refractivity contribution in [3.05, 3.63) is 114 Å². The van der Waals surface area contributed by atoms with Crippen molar-refractivity contribution in [2.45, 2.75) is 6.04 Å². The number of amides is 1. The molecule has 3 aromatic carbocycles. The van der Waals surface area contributed by atoms with E-state index >= 15 is 0 Å². The number of carbonyl (C=O) groups is 1. The van der Waals surface area contributed by atoms with Gasteiger partial charge in [-0.2, -0.15) is 0 Å². The van der Waals surface area contributed by atoms with E-state index in [9.17, 15) is 19.7 Å². The lowest BCUT2D eigenvalue weighted by atomic mass is 9.98. The highest BCUT2D eigenvalue weighted by molar-refractivity contribution is 9.10. The molecule has 0 fully saturated rings. The lowest BCUT2D eigenvalue weighted by Crippen LogP contribution is -2.29. The van der Waals surface area contributed by atoms with Gasteiger partial charge < -0.3 is 4.42 Å². The molecule has 2 heterocycles. The molecule has 5 rings (SSSR count). The third-order valence-corrected chi connectivity index (χ3v) is 5.83. The van der Waals surface area contributed by atoms with Crippen LogP contribution in [0.5, 0.6) is 0 Å². The number of non-ortho nitro benzene ring substituents is 1. The first-order chi connectivity index (χ1) is 15.0. The second-order valence-electron chi connectivity index (χ2n) is 7.07. The zero-order valence-corrected chi connectivity index (χ0v) is 17.4. The van der Waals surface area contributed by atoms with Crippen molar-refractivity contribution in [1.82, 2.24) is 0 Å². The number of nitro benzene ring substituents is 1. The first-order valence-electron chi connectivity index (χ1n) is 9.35. The van der Waals surface area contributed by atoms with Gasteiger partial charge in [0.15, 0.2) is 5.43 Å². The second kappa shape index (κ2) is 7.17. The lowest BCUT2D eigenvalue weighted by molar-refractivity contribution is -0.384. The van der Waals surface area contributed by atoms with Gasteiger partial charge in [0.25, 0.3) is 11.6 Å². The Hall–Kier alpha value is -3.78. The molecule has 0 N–H and O–H groups in total. The molecule has 0 radical (unpaired) electrons. The molecule has 1 unspecified atom stereocenters. The molecule has 0 saturated carbocycles. The molecule has 4 aromatic rings. The molecule has 31 heavy (non-hydrogen) atoms. The van der Waals surface area contributed by atoms with Gasteiger partial charge >= 0.3 is 0 Å². The Bertz CT molecular complexity index is 1410. The summed E-state index contributed by atoms with van der Waals surface area (Å²) in [7, 11) is 0. The van der Waals surface area contributed by atoms with E-state index in [2.05, 4.69) is 15.9 Å². The first-order valence-corrected chi connectivity index (χ1v) is 10.1. The predicted octanol–water partition coefficient (Wildman–Crippen LogP) is 5.21. The minimum atomic E-state index is -0.773. The molecule has 1 amide bonds. The number of nitro groups is 1. The minimum Gasteiger partial charge on any atom is -0.450 e. The molecular formula is C23H13BrN2O5. The van der Waals surface area contributed by atoms with Crippen molar-refractivity contribution in [2.75, 3.05) is 4.90 Å². The van der Waals surface area contributed by atoms with Gasteiger partial charge in [-0.05, 0) is 54.1 Å². The fourth-order valence-electron chi connectivity index (χ4n) is 3.88. The second-order valence-corrected chi connectivity index (χ2v) is 7.99. The van der Waals surface area contributed by atoms with Crippen molar-refractivity contribution >= 4 is 44.2 Å². The molecule has 7 nitrogen and oxygen atoms in total. The molecule has 1 atom stereocenters. The first kappa shape index (κ1) is 19.2. The summed E-state index contributed by atoms with van der Waals surface area (Å²) >= 11 is 3.38. The highest BCUT2D eigenvalue weighted by Gasteiger charge is 2.43.